The fraction of sp³-hybridized carbons (Fsp3) is 0.294. The van der Waals surface area contributed by atoms with E-state index in [1.807, 2.05) is 11.9 Å². The molecule has 1 unspecified atom stereocenters. The lowest BCUT2D eigenvalue weighted by molar-refractivity contribution is 0.627. The summed E-state index contributed by atoms with van der Waals surface area (Å²) >= 11 is 0. The minimum absolute atomic E-state index is 0.0642. The average Bonchev–Trinajstić information content (AvgIpc) is 2.39. The molecular weight excluding hydrogens is 251 g/mol. The topological polar surface area (TPSA) is 29.3 Å². The first-order valence-electron chi connectivity index (χ1n) is 6.77. The van der Waals surface area contributed by atoms with Gasteiger partial charge in [0.25, 0.3) is 0 Å². The third-order valence-electron chi connectivity index (χ3n) is 3.56. The summed E-state index contributed by atoms with van der Waals surface area (Å²) in [7, 11) is 1.97. The lowest BCUT2D eigenvalue weighted by atomic mass is 9.99. The Bertz CT molecular complexity index is 578. The highest BCUT2D eigenvalue weighted by molar-refractivity contribution is 5.46. The summed E-state index contributed by atoms with van der Waals surface area (Å²) in [6, 6.07) is 12.7. The van der Waals surface area contributed by atoms with Crippen molar-refractivity contribution in [3.05, 3.63) is 65.0 Å². The van der Waals surface area contributed by atoms with E-state index in [-0.39, 0.29) is 11.9 Å². The first-order chi connectivity index (χ1) is 9.47. The van der Waals surface area contributed by atoms with Crippen LogP contribution in [0.2, 0.25) is 0 Å². The normalized spacial score (nSPS) is 12.2. The Morgan fingerprint density at radius 1 is 1.10 bits per heavy atom. The van der Waals surface area contributed by atoms with E-state index in [2.05, 4.69) is 32.0 Å². The summed E-state index contributed by atoms with van der Waals surface area (Å²) in [5.74, 6) is -0.221. The van der Waals surface area contributed by atoms with Gasteiger partial charge in [0.2, 0.25) is 0 Å². The SMILES string of the molecule is Cc1ccc(C(N)CN(C)c2ccc(F)cc2)c(C)c1. The Morgan fingerprint density at radius 2 is 1.75 bits per heavy atom. The van der Waals surface area contributed by atoms with Gasteiger partial charge in [0, 0.05) is 25.3 Å². The minimum Gasteiger partial charge on any atom is -0.373 e. The maximum Gasteiger partial charge on any atom is 0.123 e. The van der Waals surface area contributed by atoms with Crippen molar-refractivity contribution in [2.45, 2.75) is 19.9 Å². The number of rotatable bonds is 4. The maximum absolute atomic E-state index is 12.9. The predicted molar refractivity (Wildman–Crippen MR) is 82.5 cm³/mol. The molecule has 0 aliphatic rings. The smallest absolute Gasteiger partial charge is 0.123 e. The van der Waals surface area contributed by atoms with Gasteiger partial charge in [-0.15, -0.1) is 0 Å². The highest BCUT2D eigenvalue weighted by atomic mass is 19.1. The van der Waals surface area contributed by atoms with Gasteiger partial charge < -0.3 is 10.6 Å². The van der Waals surface area contributed by atoms with Gasteiger partial charge >= 0.3 is 0 Å². The van der Waals surface area contributed by atoms with Crippen LogP contribution in [0.5, 0.6) is 0 Å². The maximum atomic E-state index is 12.9. The molecule has 2 aromatic rings. The number of hydrogen-bond donors (Lipinski definition) is 1. The summed E-state index contributed by atoms with van der Waals surface area (Å²) < 4.78 is 12.9. The highest BCUT2D eigenvalue weighted by Gasteiger charge is 2.12. The molecule has 20 heavy (non-hydrogen) atoms. The van der Waals surface area contributed by atoms with Crippen molar-refractivity contribution in [3.63, 3.8) is 0 Å². The van der Waals surface area contributed by atoms with Gasteiger partial charge in [-0.05, 0) is 49.2 Å². The number of likely N-dealkylation sites (N-methyl/N-ethyl adjacent to an activating group) is 1. The predicted octanol–water partition coefficient (Wildman–Crippen LogP) is 3.58. The lowest BCUT2D eigenvalue weighted by Gasteiger charge is -2.24. The van der Waals surface area contributed by atoms with E-state index in [9.17, 15) is 4.39 Å². The number of halogens is 1. The van der Waals surface area contributed by atoms with E-state index in [1.54, 1.807) is 12.1 Å². The minimum atomic E-state index is -0.221. The molecule has 0 fully saturated rings. The van der Waals surface area contributed by atoms with E-state index >= 15 is 0 Å². The standard InChI is InChI=1S/C17H21FN2/c1-12-4-9-16(13(2)10-12)17(19)11-20(3)15-7-5-14(18)6-8-15/h4-10,17H,11,19H2,1-3H3. The van der Waals surface area contributed by atoms with Crippen LogP contribution in [0.4, 0.5) is 10.1 Å². The van der Waals surface area contributed by atoms with Gasteiger partial charge in [-0.2, -0.15) is 0 Å². The molecule has 0 spiro atoms. The van der Waals surface area contributed by atoms with Crippen molar-refractivity contribution in [2.24, 2.45) is 5.73 Å². The summed E-state index contributed by atoms with van der Waals surface area (Å²) in [5.41, 5.74) is 10.9. The summed E-state index contributed by atoms with van der Waals surface area (Å²) in [5, 5.41) is 0. The van der Waals surface area contributed by atoms with Crippen LogP contribution in [0.1, 0.15) is 22.7 Å². The molecule has 0 radical (unpaired) electrons. The van der Waals surface area contributed by atoms with Crippen LogP contribution in [0, 0.1) is 19.7 Å². The van der Waals surface area contributed by atoms with Crippen molar-refractivity contribution in [1.29, 1.82) is 0 Å². The molecular formula is C17H21FN2. The molecule has 1 atom stereocenters. The zero-order chi connectivity index (χ0) is 14.7. The Labute approximate surface area is 120 Å². The van der Waals surface area contributed by atoms with Crippen LogP contribution in [0.25, 0.3) is 0 Å². The number of nitrogens with two attached hydrogens (primary N) is 1. The average molecular weight is 272 g/mol. The Hall–Kier alpha value is -1.87. The van der Waals surface area contributed by atoms with Crippen LogP contribution in [0.15, 0.2) is 42.5 Å². The van der Waals surface area contributed by atoms with Gasteiger partial charge in [0.15, 0.2) is 0 Å². The number of benzene rings is 2. The fourth-order valence-electron chi connectivity index (χ4n) is 2.44. The van der Waals surface area contributed by atoms with E-state index in [0.29, 0.717) is 6.54 Å². The third-order valence-corrected chi connectivity index (χ3v) is 3.56. The number of nitrogens with zero attached hydrogens (tertiary/aromatic N) is 1. The molecule has 0 amide bonds. The van der Waals surface area contributed by atoms with Crippen molar-refractivity contribution in [2.75, 3.05) is 18.5 Å². The number of hydrogen-bond acceptors (Lipinski definition) is 2. The molecule has 0 aliphatic heterocycles. The zero-order valence-electron chi connectivity index (χ0n) is 12.2. The monoisotopic (exact) mass is 272 g/mol. The van der Waals surface area contributed by atoms with Crippen LogP contribution in [0.3, 0.4) is 0 Å². The molecule has 0 saturated heterocycles. The van der Waals surface area contributed by atoms with E-state index in [1.165, 1.54) is 23.3 Å². The summed E-state index contributed by atoms with van der Waals surface area (Å²) in [4.78, 5) is 2.05. The Kier molecular flexibility index (Phi) is 4.40. The van der Waals surface area contributed by atoms with Crippen molar-refractivity contribution in [1.82, 2.24) is 0 Å². The largest absolute Gasteiger partial charge is 0.373 e. The third kappa shape index (κ3) is 3.36. The molecule has 0 aliphatic carbocycles. The van der Waals surface area contributed by atoms with E-state index in [0.717, 1.165) is 11.3 Å². The molecule has 3 heteroatoms. The van der Waals surface area contributed by atoms with Crippen molar-refractivity contribution >= 4 is 5.69 Å². The molecule has 2 nitrogen and oxygen atoms in total. The van der Waals surface area contributed by atoms with Gasteiger partial charge in [-0.25, -0.2) is 4.39 Å². The summed E-state index contributed by atoms with van der Waals surface area (Å²) in [6.07, 6.45) is 0. The number of aryl methyl sites for hydroxylation is 2. The van der Waals surface area contributed by atoms with Gasteiger partial charge in [0.05, 0.1) is 0 Å². The van der Waals surface area contributed by atoms with Crippen molar-refractivity contribution < 1.29 is 4.39 Å². The highest BCUT2D eigenvalue weighted by Crippen LogP contribution is 2.20. The Balaban J connectivity index is 2.10. The molecule has 2 rings (SSSR count). The molecule has 106 valence electrons. The zero-order valence-corrected chi connectivity index (χ0v) is 12.2. The lowest BCUT2D eigenvalue weighted by Crippen LogP contribution is -2.29. The van der Waals surface area contributed by atoms with Crippen molar-refractivity contribution in [3.8, 4) is 0 Å². The van der Waals surface area contributed by atoms with Gasteiger partial charge in [-0.1, -0.05) is 23.8 Å². The molecule has 0 bridgehead atoms. The van der Waals surface area contributed by atoms with Crippen LogP contribution < -0.4 is 10.6 Å². The fourth-order valence-corrected chi connectivity index (χ4v) is 2.44. The second-order valence-electron chi connectivity index (χ2n) is 5.32. The second-order valence-corrected chi connectivity index (χ2v) is 5.32. The molecule has 0 aromatic heterocycles. The molecule has 2 N–H and O–H groups in total. The van der Waals surface area contributed by atoms with Gasteiger partial charge in [0.1, 0.15) is 5.82 Å². The first-order valence-corrected chi connectivity index (χ1v) is 6.77. The van der Waals surface area contributed by atoms with E-state index in [4.69, 9.17) is 5.73 Å². The summed E-state index contributed by atoms with van der Waals surface area (Å²) in [6.45, 7) is 4.85. The van der Waals surface area contributed by atoms with Crippen LogP contribution in [-0.4, -0.2) is 13.6 Å². The second kappa shape index (κ2) is 6.06. The molecule has 2 aromatic carbocycles. The van der Waals surface area contributed by atoms with E-state index < -0.39 is 0 Å². The molecule has 0 saturated carbocycles. The van der Waals surface area contributed by atoms with Crippen LogP contribution >= 0.6 is 0 Å². The number of anilines is 1. The molecule has 0 heterocycles. The quantitative estimate of drug-likeness (QED) is 0.921. The van der Waals surface area contributed by atoms with Crippen LogP contribution in [-0.2, 0) is 0 Å². The first kappa shape index (κ1) is 14.5. The Morgan fingerprint density at radius 3 is 2.35 bits per heavy atom. The van der Waals surface area contributed by atoms with Gasteiger partial charge in [-0.3, -0.25) is 0 Å².